The Morgan fingerprint density at radius 2 is 1.95 bits per heavy atom. The van der Waals surface area contributed by atoms with Crippen molar-refractivity contribution in [3.63, 3.8) is 0 Å². The highest BCUT2D eigenvalue weighted by atomic mass is 35.5. The predicted octanol–water partition coefficient (Wildman–Crippen LogP) is 3.70. The summed E-state index contributed by atoms with van der Waals surface area (Å²) in [6, 6.07) is 10.1. The number of benzene rings is 1. The molecule has 0 amide bonds. The highest BCUT2D eigenvalue weighted by molar-refractivity contribution is 7.07. The molecular weight excluding hydrogens is 302 g/mol. The quantitative estimate of drug-likeness (QED) is 0.483. The molecule has 3 nitrogen and oxygen atoms in total. The standard InChI is InChI=1S/C16H20ClN3S/c1-18-16(20-11-14-8-10-21-12-14)19-9-2-3-13-4-6-15(17)7-5-13/h4-8,10,12H,2-3,9,11H2,1H3,(H2,18,19,20). The van der Waals surface area contributed by atoms with Gasteiger partial charge < -0.3 is 10.6 Å². The van der Waals surface area contributed by atoms with Gasteiger partial charge in [0.25, 0.3) is 0 Å². The Hall–Kier alpha value is -1.52. The molecule has 0 radical (unpaired) electrons. The predicted molar refractivity (Wildman–Crippen MR) is 92.3 cm³/mol. The molecule has 21 heavy (non-hydrogen) atoms. The van der Waals surface area contributed by atoms with Crippen molar-refractivity contribution in [2.24, 2.45) is 4.99 Å². The van der Waals surface area contributed by atoms with Gasteiger partial charge in [0.05, 0.1) is 0 Å². The monoisotopic (exact) mass is 321 g/mol. The Kier molecular flexibility index (Phi) is 6.57. The Labute approximate surface area is 135 Å². The van der Waals surface area contributed by atoms with Crippen LogP contribution in [0.2, 0.25) is 5.02 Å². The number of hydrogen-bond acceptors (Lipinski definition) is 2. The fourth-order valence-electron chi connectivity index (χ4n) is 1.95. The summed E-state index contributed by atoms with van der Waals surface area (Å²) < 4.78 is 0. The average Bonchev–Trinajstić information content (AvgIpc) is 3.02. The number of nitrogens with one attached hydrogen (secondary N) is 2. The van der Waals surface area contributed by atoms with Crippen molar-refractivity contribution in [2.45, 2.75) is 19.4 Å². The van der Waals surface area contributed by atoms with Crippen molar-refractivity contribution in [3.8, 4) is 0 Å². The van der Waals surface area contributed by atoms with E-state index in [1.807, 2.05) is 12.1 Å². The van der Waals surface area contributed by atoms with Crippen molar-refractivity contribution in [3.05, 3.63) is 57.2 Å². The minimum atomic E-state index is 0.787. The lowest BCUT2D eigenvalue weighted by molar-refractivity contribution is 0.742. The highest BCUT2D eigenvalue weighted by Crippen LogP contribution is 2.10. The molecule has 0 fully saturated rings. The Bertz CT molecular complexity index is 549. The average molecular weight is 322 g/mol. The zero-order valence-electron chi connectivity index (χ0n) is 12.1. The van der Waals surface area contributed by atoms with Gasteiger partial charge in [-0.3, -0.25) is 4.99 Å². The third-order valence-electron chi connectivity index (χ3n) is 3.11. The van der Waals surface area contributed by atoms with Gasteiger partial charge in [-0.15, -0.1) is 0 Å². The summed E-state index contributed by atoms with van der Waals surface area (Å²) >= 11 is 7.58. The van der Waals surface area contributed by atoms with Gasteiger partial charge in [0.1, 0.15) is 0 Å². The maximum Gasteiger partial charge on any atom is 0.191 e. The van der Waals surface area contributed by atoms with Crippen molar-refractivity contribution in [1.29, 1.82) is 0 Å². The summed E-state index contributed by atoms with van der Waals surface area (Å²) in [5.74, 6) is 0.845. The van der Waals surface area contributed by atoms with Gasteiger partial charge in [-0.1, -0.05) is 23.7 Å². The van der Waals surface area contributed by atoms with Gasteiger partial charge >= 0.3 is 0 Å². The first-order valence-corrected chi connectivity index (χ1v) is 8.30. The molecule has 0 spiro atoms. The SMILES string of the molecule is CN=C(NCCCc1ccc(Cl)cc1)NCc1ccsc1. The number of aryl methyl sites for hydroxylation is 1. The van der Waals surface area contributed by atoms with Crippen molar-refractivity contribution in [1.82, 2.24) is 10.6 Å². The molecule has 0 unspecified atom stereocenters. The van der Waals surface area contributed by atoms with Crippen LogP contribution >= 0.6 is 22.9 Å². The van der Waals surface area contributed by atoms with Crippen LogP contribution < -0.4 is 10.6 Å². The maximum atomic E-state index is 5.87. The van der Waals surface area contributed by atoms with Crippen LogP contribution in [0.4, 0.5) is 0 Å². The Morgan fingerprint density at radius 3 is 2.62 bits per heavy atom. The summed E-state index contributed by atoms with van der Waals surface area (Å²) in [6.07, 6.45) is 2.09. The van der Waals surface area contributed by atoms with Crippen LogP contribution in [0.25, 0.3) is 0 Å². The normalized spacial score (nSPS) is 11.4. The number of hydrogen-bond donors (Lipinski definition) is 2. The molecule has 1 aromatic carbocycles. The number of aliphatic imine (C=N–C) groups is 1. The fourth-order valence-corrected chi connectivity index (χ4v) is 2.74. The fraction of sp³-hybridized carbons (Fsp3) is 0.312. The van der Waals surface area contributed by atoms with Gasteiger partial charge in [0.2, 0.25) is 0 Å². The van der Waals surface area contributed by atoms with E-state index in [1.54, 1.807) is 18.4 Å². The molecule has 2 rings (SSSR count). The molecule has 1 aromatic heterocycles. The van der Waals surface area contributed by atoms with Crippen molar-refractivity contribution >= 4 is 28.9 Å². The van der Waals surface area contributed by atoms with Gasteiger partial charge in [-0.25, -0.2) is 0 Å². The summed E-state index contributed by atoms with van der Waals surface area (Å²) in [5, 5.41) is 11.6. The van der Waals surface area contributed by atoms with E-state index in [0.29, 0.717) is 0 Å². The Balaban J connectivity index is 1.65. The number of rotatable bonds is 6. The van der Waals surface area contributed by atoms with E-state index in [2.05, 4.69) is 44.6 Å². The molecule has 0 aliphatic carbocycles. The molecule has 0 aliphatic rings. The molecule has 1 heterocycles. The van der Waals surface area contributed by atoms with Gasteiger partial charge in [-0.05, 0) is 52.9 Å². The topological polar surface area (TPSA) is 36.4 Å². The molecule has 0 saturated carbocycles. The molecular formula is C16H20ClN3S. The number of thiophene rings is 1. The molecule has 0 bridgehead atoms. The zero-order chi connectivity index (χ0) is 14.9. The largest absolute Gasteiger partial charge is 0.356 e. The smallest absolute Gasteiger partial charge is 0.191 e. The van der Waals surface area contributed by atoms with Gasteiger partial charge in [0, 0.05) is 25.2 Å². The van der Waals surface area contributed by atoms with E-state index in [4.69, 9.17) is 11.6 Å². The molecule has 0 atom stereocenters. The lowest BCUT2D eigenvalue weighted by Crippen LogP contribution is -2.37. The number of guanidine groups is 1. The molecule has 0 aliphatic heterocycles. The van der Waals surface area contributed by atoms with Crippen molar-refractivity contribution < 1.29 is 0 Å². The lowest BCUT2D eigenvalue weighted by Gasteiger charge is -2.11. The first-order chi connectivity index (χ1) is 10.3. The van der Waals surface area contributed by atoms with Crippen LogP contribution in [-0.2, 0) is 13.0 Å². The van der Waals surface area contributed by atoms with Crippen LogP contribution in [-0.4, -0.2) is 19.6 Å². The zero-order valence-corrected chi connectivity index (χ0v) is 13.7. The first-order valence-electron chi connectivity index (χ1n) is 6.98. The molecule has 5 heteroatoms. The maximum absolute atomic E-state index is 5.87. The van der Waals surface area contributed by atoms with E-state index >= 15 is 0 Å². The van der Waals surface area contributed by atoms with E-state index < -0.39 is 0 Å². The minimum Gasteiger partial charge on any atom is -0.356 e. The van der Waals surface area contributed by atoms with Gasteiger partial charge in [-0.2, -0.15) is 11.3 Å². The summed E-state index contributed by atoms with van der Waals surface area (Å²) in [4.78, 5) is 4.22. The van der Waals surface area contributed by atoms with Crippen LogP contribution in [0.5, 0.6) is 0 Å². The summed E-state index contributed by atoms with van der Waals surface area (Å²) in [6.45, 7) is 1.70. The second kappa shape index (κ2) is 8.70. The van der Waals surface area contributed by atoms with Crippen molar-refractivity contribution in [2.75, 3.05) is 13.6 Å². The highest BCUT2D eigenvalue weighted by Gasteiger charge is 1.99. The van der Waals surface area contributed by atoms with E-state index in [9.17, 15) is 0 Å². The first kappa shape index (κ1) is 15.9. The van der Waals surface area contributed by atoms with Crippen LogP contribution in [0.3, 0.4) is 0 Å². The Morgan fingerprint density at radius 1 is 1.14 bits per heavy atom. The van der Waals surface area contributed by atoms with Crippen LogP contribution in [0, 0.1) is 0 Å². The number of halogens is 1. The van der Waals surface area contributed by atoms with Crippen LogP contribution in [0.1, 0.15) is 17.5 Å². The molecule has 0 saturated heterocycles. The molecule has 112 valence electrons. The minimum absolute atomic E-state index is 0.787. The van der Waals surface area contributed by atoms with E-state index in [0.717, 1.165) is 36.9 Å². The van der Waals surface area contributed by atoms with E-state index in [1.165, 1.54) is 11.1 Å². The number of nitrogens with zero attached hydrogens (tertiary/aromatic N) is 1. The molecule has 2 aromatic rings. The summed E-state index contributed by atoms with van der Waals surface area (Å²) in [7, 11) is 1.79. The van der Waals surface area contributed by atoms with E-state index in [-0.39, 0.29) is 0 Å². The molecule has 2 N–H and O–H groups in total. The second-order valence-corrected chi connectivity index (χ2v) is 5.93. The third-order valence-corrected chi connectivity index (χ3v) is 4.10. The third kappa shape index (κ3) is 5.78. The van der Waals surface area contributed by atoms with Gasteiger partial charge in [0.15, 0.2) is 5.96 Å². The van der Waals surface area contributed by atoms with Crippen LogP contribution in [0.15, 0.2) is 46.1 Å². The lowest BCUT2D eigenvalue weighted by atomic mass is 10.1. The second-order valence-electron chi connectivity index (χ2n) is 4.71. The summed E-state index contributed by atoms with van der Waals surface area (Å²) in [5.41, 5.74) is 2.59.